The molecule has 0 unspecified atom stereocenters. The van der Waals surface area contributed by atoms with Crippen molar-refractivity contribution in [1.82, 2.24) is 0 Å². The molecule has 12 heavy (non-hydrogen) atoms. The molecule has 62 valence electrons. The molecular weight excluding hydrogens is 156 g/mol. The van der Waals surface area contributed by atoms with E-state index >= 15 is 0 Å². The number of carboxylic acid groups (broad SMARTS) is 1. The van der Waals surface area contributed by atoms with Crippen LogP contribution in [0.1, 0.15) is 15.9 Å². The van der Waals surface area contributed by atoms with Crippen molar-refractivity contribution in [3.05, 3.63) is 35.9 Å². The maximum atomic E-state index is 10.6. The van der Waals surface area contributed by atoms with Gasteiger partial charge < -0.3 is 10.2 Å². The molecule has 0 aliphatic rings. The van der Waals surface area contributed by atoms with Crippen molar-refractivity contribution >= 4 is 12.0 Å². The van der Waals surface area contributed by atoms with Crippen LogP contribution in [0.5, 0.6) is 5.75 Å². The van der Waals surface area contributed by atoms with E-state index in [-0.39, 0.29) is 11.3 Å². The topological polar surface area (TPSA) is 57.5 Å². The van der Waals surface area contributed by atoms with Crippen LogP contribution >= 0.6 is 0 Å². The van der Waals surface area contributed by atoms with Crippen molar-refractivity contribution in [3.8, 4) is 5.75 Å². The fraction of sp³-hybridized carbons (Fsp3) is 0. The van der Waals surface area contributed by atoms with E-state index in [0.717, 1.165) is 0 Å². The highest BCUT2D eigenvalue weighted by atomic mass is 16.4. The SMILES string of the molecule is C=Cc1cccc(O)c1C(=O)O. The molecule has 0 aliphatic heterocycles. The third-order valence-electron chi connectivity index (χ3n) is 1.51. The van der Waals surface area contributed by atoms with Crippen molar-refractivity contribution < 1.29 is 15.0 Å². The van der Waals surface area contributed by atoms with E-state index in [1.807, 2.05) is 0 Å². The molecule has 0 atom stereocenters. The summed E-state index contributed by atoms with van der Waals surface area (Å²) >= 11 is 0. The molecule has 3 nitrogen and oxygen atoms in total. The number of carbonyl (C=O) groups is 1. The molecule has 0 saturated heterocycles. The molecule has 0 fully saturated rings. The molecule has 0 radical (unpaired) electrons. The standard InChI is InChI=1S/C9H8O3/c1-2-6-4-3-5-7(10)8(6)9(11)12/h2-5,10H,1H2,(H,11,12). The normalized spacial score (nSPS) is 9.33. The zero-order valence-corrected chi connectivity index (χ0v) is 6.32. The minimum absolute atomic E-state index is 0.104. The van der Waals surface area contributed by atoms with E-state index in [1.54, 1.807) is 12.1 Å². The number of benzene rings is 1. The minimum Gasteiger partial charge on any atom is -0.507 e. The van der Waals surface area contributed by atoms with Crippen LogP contribution in [-0.2, 0) is 0 Å². The summed E-state index contributed by atoms with van der Waals surface area (Å²) < 4.78 is 0. The van der Waals surface area contributed by atoms with Gasteiger partial charge in [0.25, 0.3) is 0 Å². The third kappa shape index (κ3) is 1.29. The molecule has 1 aromatic rings. The molecule has 0 aliphatic carbocycles. The Bertz CT molecular complexity index is 329. The molecule has 0 saturated carbocycles. The Kier molecular flexibility index (Phi) is 2.14. The van der Waals surface area contributed by atoms with Gasteiger partial charge in [-0.25, -0.2) is 4.79 Å². The number of phenols is 1. The quantitative estimate of drug-likeness (QED) is 0.699. The summed E-state index contributed by atoms with van der Waals surface area (Å²) in [5.74, 6) is -1.39. The molecule has 0 spiro atoms. The van der Waals surface area contributed by atoms with Crippen LogP contribution in [0.15, 0.2) is 24.8 Å². The van der Waals surface area contributed by atoms with Gasteiger partial charge in [-0.05, 0) is 11.6 Å². The van der Waals surface area contributed by atoms with Crippen LogP contribution < -0.4 is 0 Å². The van der Waals surface area contributed by atoms with Gasteiger partial charge in [0, 0.05) is 0 Å². The second-order valence-corrected chi connectivity index (χ2v) is 2.25. The summed E-state index contributed by atoms with van der Waals surface area (Å²) in [5.41, 5.74) is 0.315. The van der Waals surface area contributed by atoms with Crippen LogP contribution in [0.25, 0.3) is 6.08 Å². The largest absolute Gasteiger partial charge is 0.507 e. The molecule has 0 amide bonds. The lowest BCUT2D eigenvalue weighted by Gasteiger charge is -2.02. The monoisotopic (exact) mass is 164 g/mol. The fourth-order valence-electron chi connectivity index (χ4n) is 0.961. The first-order valence-electron chi connectivity index (χ1n) is 3.34. The summed E-state index contributed by atoms with van der Waals surface area (Å²) in [4.78, 5) is 10.6. The van der Waals surface area contributed by atoms with E-state index < -0.39 is 5.97 Å². The van der Waals surface area contributed by atoms with Crippen molar-refractivity contribution in [3.63, 3.8) is 0 Å². The van der Waals surface area contributed by atoms with Gasteiger partial charge in [0.1, 0.15) is 11.3 Å². The number of rotatable bonds is 2. The first-order valence-corrected chi connectivity index (χ1v) is 3.34. The Morgan fingerprint density at radius 3 is 2.58 bits per heavy atom. The van der Waals surface area contributed by atoms with Gasteiger partial charge in [0.15, 0.2) is 0 Å². The number of hydrogen-bond donors (Lipinski definition) is 2. The Labute approximate surface area is 69.6 Å². The van der Waals surface area contributed by atoms with Crippen LogP contribution in [0.3, 0.4) is 0 Å². The predicted octanol–water partition coefficient (Wildman–Crippen LogP) is 1.73. The average molecular weight is 164 g/mol. The summed E-state index contributed by atoms with van der Waals surface area (Å²) in [6.07, 6.45) is 1.39. The van der Waals surface area contributed by atoms with Crippen LogP contribution in [0.4, 0.5) is 0 Å². The van der Waals surface area contributed by atoms with Gasteiger partial charge in [-0.3, -0.25) is 0 Å². The van der Waals surface area contributed by atoms with Crippen molar-refractivity contribution in [2.24, 2.45) is 0 Å². The van der Waals surface area contributed by atoms with Crippen molar-refractivity contribution in [2.75, 3.05) is 0 Å². The smallest absolute Gasteiger partial charge is 0.340 e. The van der Waals surface area contributed by atoms with E-state index in [1.165, 1.54) is 12.1 Å². The van der Waals surface area contributed by atoms with Gasteiger partial charge in [0.05, 0.1) is 0 Å². The van der Waals surface area contributed by atoms with Gasteiger partial charge >= 0.3 is 5.97 Å². The molecule has 0 bridgehead atoms. The van der Waals surface area contributed by atoms with Crippen LogP contribution in [0.2, 0.25) is 0 Å². The van der Waals surface area contributed by atoms with Gasteiger partial charge in [-0.2, -0.15) is 0 Å². The molecule has 1 aromatic carbocycles. The van der Waals surface area contributed by atoms with E-state index in [4.69, 9.17) is 10.2 Å². The number of carboxylic acids is 1. The molecule has 2 N–H and O–H groups in total. The fourth-order valence-corrected chi connectivity index (χ4v) is 0.961. The Morgan fingerprint density at radius 1 is 1.50 bits per heavy atom. The lowest BCUT2D eigenvalue weighted by molar-refractivity contribution is 0.0693. The van der Waals surface area contributed by atoms with Gasteiger partial charge in [-0.1, -0.05) is 24.8 Å². The van der Waals surface area contributed by atoms with Crippen LogP contribution in [-0.4, -0.2) is 16.2 Å². The van der Waals surface area contributed by atoms with Crippen molar-refractivity contribution in [1.29, 1.82) is 0 Å². The second kappa shape index (κ2) is 3.09. The Hall–Kier alpha value is -1.77. The molecule has 0 heterocycles. The molecule has 0 aromatic heterocycles. The number of aromatic carboxylic acids is 1. The zero-order valence-electron chi connectivity index (χ0n) is 6.32. The number of aromatic hydroxyl groups is 1. The van der Waals surface area contributed by atoms with E-state index in [9.17, 15) is 4.79 Å². The predicted molar refractivity (Wildman–Crippen MR) is 45.2 cm³/mol. The lowest BCUT2D eigenvalue weighted by Crippen LogP contribution is -1.99. The van der Waals surface area contributed by atoms with E-state index in [2.05, 4.69) is 6.58 Å². The Balaban J connectivity index is 3.39. The highest BCUT2D eigenvalue weighted by Crippen LogP contribution is 2.21. The maximum Gasteiger partial charge on any atom is 0.340 e. The maximum absolute atomic E-state index is 10.6. The summed E-state index contributed by atoms with van der Waals surface area (Å²) in [5, 5.41) is 17.8. The van der Waals surface area contributed by atoms with Crippen LogP contribution in [0, 0.1) is 0 Å². The zero-order chi connectivity index (χ0) is 9.14. The summed E-state index contributed by atoms with van der Waals surface area (Å²) in [6, 6.07) is 4.48. The van der Waals surface area contributed by atoms with Gasteiger partial charge in [0.2, 0.25) is 0 Å². The Morgan fingerprint density at radius 2 is 2.17 bits per heavy atom. The minimum atomic E-state index is -1.15. The lowest BCUT2D eigenvalue weighted by atomic mass is 10.1. The molecular formula is C9H8O3. The molecule has 3 heteroatoms. The summed E-state index contributed by atoms with van der Waals surface area (Å²) in [6.45, 7) is 3.44. The average Bonchev–Trinajstić information content (AvgIpc) is 2.03. The van der Waals surface area contributed by atoms with Crippen molar-refractivity contribution in [2.45, 2.75) is 0 Å². The summed E-state index contributed by atoms with van der Waals surface area (Å²) in [7, 11) is 0. The number of hydrogen-bond acceptors (Lipinski definition) is 2. The first kappa shape index (κ1) is 8.33. The highest BCUT2D eigenvalue weighted by Gasteiger charge is 2.11. The molecule has 1 rings (SSSR count). The third-order valence-corrected chi connectivity index (χ3v) is 1.51. The first-order chi connectivity index (χ1) is 5.66. The van der Waals surface area contributed by atoms with E-state index in [0.29, 0.717) is 5.56 Å². The van der Waals surface area contributed by atoms with Gasteiger partial charge in [-0.15, -0.1) is 0 Å². The second-order valence-electron chi connectivity index (χ2n) is 2.25. The highest BCUT2D eigenvalue weighted by molar-refractivity contribution is 5.94.